The average Bonchev–Trinajstić information content (AvgIpc) is 2.58. The van der Waals surface area contributed by atoms with Gasteiger partial charge in [0.1, 0.15) is 13.2 Å². The third-order valence-electron chi connectivity index (χ3n) is 2.89. The molecule has 0 amide bonds. The fourth-order valence-electron chi connectivity index (χ4n) is 1.76. The van der Waals surface area contributed by atoms with Gasteiger partial charge in [-0.15, -0.1) is 0 Å². The minimum atomic E-state index is 0.298. The molecule has 2 aromatic carbocycles. The van der Waals surface area contributed by atoms with E-state index in [2.05, 4.69) is 18.2 Å². The molecular weight excluding hydrogens is 274 g/mol. The molecule has 0 aliphatic rings. The molecule has 0 saturated heterocycles. The quantitative estimate of drug-likeness (QED) is 0.428. The highest BCUT2D eigenvalue weighted by atomic mass is 16.5. The molecule has 2 aromatic rings. The molecule has 0 saturated carbocycles. The monoisotopic (exact) mass is 293 g/mol. The fraction of sp³-hybridized carbons (Fsp3) is 0.105. The Labute approximate surface area is 131 Å². The smallest absolute Gasteiger partial charge is 0.216 e. The molecule has 0 aromatic heterocycles. The van der Waals surface area contributed by atoms with Crippen LogP contribution in [0.2, 0.25) is 0 Å². The van der Waals surface area contributed by atoms with Crippen LogP contribution in [-0.4, -0.2) is 5.90 Å². The molecule has 112 valence electrons. The van der Waals surface area contributed by atoms with E-state index in [0.717, 1.165) is 11.1 Å². The van der Waals surface area contributed by atoms with Gasteiger partial charge in [-0.1, -0.05) is 67.2 Å². The number of hydrogen-bond donors (Lipinski definition) is 0. The molecule has 0 aliphatic carbocycles. The van der Waals surface area contributed by atoms with Crippen LogP contribution in [0.15, 0.2) is 90.8 Å². The van der Waals surface area contributed by atoms with E-state index in [1.807, 2.05) is 60.7 Å². The molecule has 2 rings (SSSR count). The van der Waals surface area contributed by atoms with Gasteiger partial charge in [0, 0.05) is 0 Å². The second-order valence-electron chi connectivity index (χ2n) is 4.60. The van der Waals surface area contributed by atoms with Crippen LogP contribution in [-0.2, 0) is 22.7 Å². The lowest BCUT2D eigenvalue weighted by Crippen LogP contribution is -2.03. The number of nitrogens with zero attached hydrogens (tertiary/aromatic N) is 1. The van der Waals surface area contributed by atoms with Crippen molar-refractivity contribution in [3.05, 3.63) is 96.9 Å². The van der Waals surface area contributed by atoms with Crippen LogP contribution in [0.4, 0.5) is 0 Å². The summed E-state index contributed by atoms with van der Waals surface area (Å²) in [7, 11) is 0. The predicted octanol–water partition coefficient (Wildman–Crippen LogP) is 4.48. The molecule has 0 radical (unpaired) electrons. The maximum atomic E-state index is 5.59. The lowest BCUT2D eigenvalue weighted by Gasteiger charge is -2.08. The zero-order chi connectivity index (χ0) is 15.6. The summed E-state index contributed by atoms with van der Waals surface area (Å²) in [5.41, 5.74) is 2.12. The van der Waals surface area contributed by atoms with E-state index in [4.69, 9.17) is 9.47 Å². The van der Waals surface area contributed by atoms with Crippen molar-refractivity contribution in [3.63, 3.8) is 0 Å². The fourth-order valence-corrected chi connectivity index (χ4v) is 1.76. The van der Waals surface area contributed by atoms with E-state index in [1.54, 1.807) is 6.08 Å². The van der Waals surface area contributed by atoms with Crippen LogP contribution in [0, 0.1) is 0 Å². The molecular formula is C19H19NO2. The third kappa shape index (κ3) is 5.29. The predicted molar refractivity (Wildman–Crippen MR) is 89.2 cm³/mol. The lowest BCUT2D eigenvalue weighted by molar-refractivity contribution is 0.195. The minimum Gasteiger partial charge on any atom is -0.473 e. The maximum absolute atomic E-state index is 5.59. The van der Waals surface area contributed by atoms with Gasteiger partial charge in [-0.05, 0) is 23.8 Å². The van der Waals surface area contributed by atoms with Gasteiger partial charge in [0.15, 0.2) is 0 Å². The van der Waals surface area contributed by atoms with Crippen molar-refractivity contribution in [3.8, 4) is 0 Å². The zero-order valence-corrected chi connectivity index (χ0v) is 12.4. The van der Waals surface area contributed by atoms with Crippen LogP contribution < -0.4 is 0 Å². The number of aliphatic imine (C=N–C) groups is 1. The second-order valence-corrected chi connectivity index (χ2v) is 4.60. The Morgan fingerprint density at radius 3 is 1.86 bits per heavy atom. The Hall–Kier alpha value is -2.81. The lowest BCUT2D eigenvalue weighted by atomic mass is 10.2. The summed E-state index contributed by atoms with van der Waals surface area (Å²) in [4.78, 5) is 4.18. The van der Waals surface area contributed by atoms with Crippen LogP contribution >= 0.6 is 0 Å². The summed E-state index contributed by atoms with van der Waals surface area (Å²) in [6, 6.07) is 19.7. The molecule has 3 nitrogen and oxygen atoms in total. The summed E-state index contributed by atoms with van der Waals surface area (Å²) in [6.07, 6.45) is 1.54. The Morgan fingerprint density at radius 1 is 0.864 bits per heavy atom. The molecule has 0 fully saturated rings. The normalized spacial score (nSPS) is 10.8. The molecule has 3 heteroatoms. The first-order valence-corrected chi connectivity index (χ1v) is 7.01. The van der Waals surface area contributed by atoms with Gasteiger partial charge in [-0.3, -0.25) is 0 Å². The van der Waals surface area contributed by atoms with Gasteiger partial charge in [0.2, 0.25) is 11.8 Å². The topological polar surface area (TPSA) is 30.8 Å². The molecule has 0 bridgehead atoms. The number of rotatable bonds is 7. The first kappa shape index (κ1) is 15.6. The Morgan fingerprint density at radius 2 is 1.36 bits per heavy atom. The van der Waals surface area contributed by atoms with Crippen LogP contribution in [0.3, 0.4) is 0 Å². The first-order chi connectivity index (χ1) is 10.8. The molecule has 0 atom stereocenters. The third-order valence-corrected chi connectivity index (χ3v) is 2.89. The van der Waals surface area contributed by atoms with Gasteiger partial charge in [0.25, 0.3) is 0 Å². The largest absolute Gasteiger partial charge is 0.473 e. The number of benzene rings is 2. The second kappa shape index (κ2) is 8.47. The first-order valence-electron chi connectivity index (χ1n) is 7.01. The summed E-state index contributed by atoms with van der Waals surface area (Å²) in [6.45, 7) is 8.32. The minimum absolute atomic E-state index is 0.298. The zero-order valence-electron chi connectivity index (χ0n) is 12.4. The average molecular weight is 293 g/mol. The van der Waals surface area contributed by atoms with Crippen molar-refractivity contribution in [2.75, 3.05) is 0 Å². The molecule has 0 heterocycles. The van der Waals surface area contributed by atoms with E-state index >= 15 is 0 Å². The van der Waals surface area contributed by atoms with Crippen molar-refractivity contribution in [1.29, 1.82) is 0 Å². The van der Waals surface area contributed by atoms with Crippen molar-refractivity contribution in [2.45, 2.75) is 13.2 Å². The van der Waals surface area contributed by atoms with Crippen molar-refractivity contribution >= 4 is 5.90 Å². The van der Waals surface area contributed by atoms with Crippen molar-refractivity contribution < 1.29 is 9.47 Å². The Balaban J connectivity index is 1.85. The summed E-state index contributed by atoms with van der Waals surface area (Å²) >= 11 is 0. The van der Waals surface area contributed by atoms with Gasteiger partial charge in [-0.2, -0.15) is 4.99 Å². The van der Waals surface area contributed by atoms with E-state index < -0.39 is 0 Å². The SMILES string of the molecule is C=C/C(=N\C(=C)OCc1ccccc1)OCc1ccccc1. The van der Waals surface area contributed by atoms with Gasteiger partial charge in [-0.25, -0.2) is 0 Å². The van der Waals surface area contributed by atoms with Gasteiger partial charge < -0.3 is 9.47 Å². The summed E-state index contributed by atoms with van der Waals surface area (Å²) < 4.78 is 11.1. The van der Waals surface area contributed by atoms with E-state index in [1.165, 1.54) is 0 Å². The van der Waals surface area contributed by atoms with Crippen LogP contribution in [0.1, 0.15) is 11.1 Å². The molecule has 22 heavy (non-hydrogen) atoms. The highest BCUT2D eigenvalue weighted by molar-refractivity contribution is 5.87. The standard InChI is InChI=1S/C19H19NO2/c1-3-19(22-15-18-12-8-5-9-13-18)20-16(2)21-14-17-10-6-4-7-11-17/h3-13H,1-2,14-15H2/b20-19+. The molecule has 0 N–H and O–H groups in total. The highest BCUT2D eigenvalue weighted by Gasteiger charge is 2.00. The van der Waals surface area contributed by atoms with Gasteiger partial charge >= 0.3 is 0 Å². The maximum Gasteiger partial charge on any atom is 0.216 e. The molecule has 0 spiro atoms. The number of ether oxygens (including phenoxy) is 2. The summed E-state index contributed by atoms with van der Waals surface area (Å²) in [5, 5.41) is 0. The Kier molecular flexibility index (Phi) is 6.00. The van der Waals surface area contributed by atoms with E-state index in [0.29, 0.717) is 25.0 Å². The summed E-state index contributed by atoms with van der Waals surface area (Å²) in [5.74, 6) is 0.689. The van der Waals surface area contributed by atoms with E-state index in [9.17, 15) is 0 Å². The van der Waals surface area contributed by atoms with Crippen molar-refractivity contribution in [1.82, 2.24) is 0 Å². The van der Waals surface area contributed by atoms with E-state index in [-0.39, 0.29) is 0 Å². The molecule has 0 aliphatic heterocycles. The van der Waals surface area contributed by atoms with Crippen LogP contribution in [0.25, 0.3) is 0 Å². The molecule has 0 unspecified atom stereocenters. The van der Waals surface area contributed by atoms with Crippen molar-refractivity contribution in [2.24, 2.45) is 4.99 Å². The highest BCUT2D eigenvalue weighted by Crippen LogP contribution is 2.07. The van der Waals surface area contributed by atoms with Crippen LogP contribution in [0.5, 0.6) is 0 Å². The Bertz CT molecular complexity index is 633. The number of hydrogen-bond acceptors (Lipinski definition) is 3. The van der Waals surface area contributed by atoms with Gasteiger partial charge in [0.05, 0.1) is 0 Å².